The third-order valence-electron chi connectivity index (χ3n) is 4.78. The molecule has 1 heterocycles. The third-order valence-corrected chi connectivity index (χ3v) is 6.69. The van der Waals surface area contributed by atoms with Crippen molar-refractivity contribution in [1.82, 2.24) is 10.2 Å². The van der Waals surface area contributed by atoms with Gasteiger partial charge >= 0.3 is 0 Å². The molecule has 0 bridgehead atoms. The number of hydrogen-bond donors (Lipinski definition) is 3. The molecule has 0 radical (unpaired) electrons. The molecule has 0 aromatic heterocycles. The van der Waals surface area contributed by atoms with Gasteiger partial charge in [0.2, 0.25) is 0 Å². The number of nitrogens with one attached hydrogen (secondary N) is 1. The van der Waals surface area contributed by atoms with Gasteiger partial charge in [0.15, 0.2) is 5.54 Å². The second-order valence-electron chi connectivity index (χ2n) is 6.31. The van der Waals surface area contributed by atoms with E-state index in [0.29, 0.717) is 23.1 Å². The lowest BCUT2D eigenvalue weighted by Gasteiger charge is -2.31. The fourth-order valence-electron chi connectivity index (χ4n) is 3.53. The quantitative estimate of drug-likeness (QED) is 0.472. The molecule has 0 spiro atoms. The van der Waals surface area contributed by atoms with Gasteiger partial charge in [-0.3, -0.25) is 14.7 Å². The van der Waals surface area contributed by atoms with Crippen LogP contribution in [0.2, 0.25) is 0 Å². The molecular formula is C18H19BrN2O4S2. The molecule has 9 heteroatoms. The number of carbonyl (C=O) groups excluding carboxylic acids is 1. The molecule has 0 aliphatic carbocycles. The number of benzene rings is 2. The maximum Gasteiger partial charge on any atom is 0.294 e. The molecule has 2 N–H and O–H groups in total. The van der Waals surface area contributed by atoms with Crippen molar-refractivity contribution in [3.05, 3.63) is 63.6 Å². The van der Waals surface area contributed by atoms with Crippen LogP contribution in [-0.2, 0) is 26.9 Å². The van der Waals surface area contributed by atoms with Crippen LogP contribution in [0.5, 0.6) is 0 Å². The van der Waals surface area contributed by atoms with Crippen LogP contribution in [-0.4, -0.2) is 36.3 Å². The molecule has 1 aliphatic heterocycles. The number of nitrogens with zero attached hydrogens (tertiary/aromatic N) is 1. The summed E-state index contributed by atoms with van der Waals surface area (Å²) in [4.78, 5) is 14.6. The summed E-state index contributed by atoms with van der Waals surface area (Å²) in [5.74, 6) is -0.261. The molecule has 144 valence electrons. The Hall–Kier alpha value is -1.39. The van der Waals surface area contributed by atoms with E-state index in [-0.39, 0.29) is 10.8 Å². The second-order valence-corrected chi connectivity index (χ2v) is 9.10. The standard InChI is InChI=1S/C18H19BrN2O4S2/c1-3-13-14(8-5-9-15(13)27(23,24)25)18(11-6-4-7-12(19)10-11)16(22)21(2)17(26)20-18/h4-10,17,20,26H,3H2,1-2H3,(H,23,24,25). The summed E-state index contributed by atoms with van der Waals surface area (Å²) in [6.07, 6.45) is 0.316. The van der Waals surface area contributed by atoms with Crippen LogP contribution < -0.4 is 5.32 Å². The lowest BCUT2D eigenvalue weighted by Crippen LogP contribution is -2.46. The van der Waals surface area contributed by atoms with E-state index in [0.717, 1.165) is 4.47 Å². The molecule has 2 aromatic rings. The summed E-state index contributed by atoms with van der Waals surface area (Å²) in [6.45, 7) is 1.78. The first-order valence-electron chi connectivity index (χ1n) is 8.22. The molecule has 6 nitrogen and oxygen atoms in total. The van der Waals surface area contributed by atoms with Gasteiger partial charge in [-0.15, -0.1) is 12.6 Å². The number of hydrogen-bond acceptors (Lipinski definition) is 5. The summed E-state index contributed by atoms with van der Waals surface area (Å²) in [6, 6.07) is 11.8. The van der Waals surface area contributed by atoms with E-state index in [4.69, 9.17) is 0 Å². The Morgan fingerprint density at radius 3 is 2.48 bits per heavy atom. The highest BCUT2D eigenvalue weighted by Gasteiger charge is 2.52. The smallest absolute Gasteiger partial charge is 0.294 e. The fraction of sp³-hybridized carbons (Fsp3) is 0.278. The van der Waals surface area contributed by atoms with Crippen LogP contribution in [0.4, 0.5) is 0 Å². The van der Waals surface area contributed by atoms with Crippen molar-refractivity contribution >= 4 is 44.6 Å². The van der Waals surface area contributed by atoms with Crippen LogP contribution in [0.3, 0.4) is 0 Å². The van der Waals surface area contributed by atoms with Gasteiger partial charge in [0.25, 0.3) is 16.0 Å². The molecule has 1 aliphatic rings. The Bertz CT molecular complexity index is 1010. The van der Waals surface area contributed by atoms with E-state index in [1.54, 1.807) is 32.2 Å². The van der Waals surface area contributed by atoms with Crippen LogP contribution in [0.25, 0.3) is 0 Å². The molecule has 0 saturated carbocycles. The SMILES string of the molecule is CCc1c(C2(c3cccc(Br)c3)NC(S)N(C)C2=O)cccc1S(=O)(=O)O. The third kappa shape index (κ3) is 3.31. The minimum Gasteiger partial charge on any atom is -0.319 e. The first-order chi connectivity index (χ1) is 12.6. The largest absolute Gasteiger partial charge is 0.319 e. The van der Waals surface area contributed by atoms with Gasteiger partial charge in [0.05, 0.1) is 4.90 Å². The molecule has 1 saturated heterocycles. The minimum atomic E-state index is -4.44. The van der Waals surface area contributed by atoms with Crippen molar-refractivity contribution in [2.75, 3.05) is 7.05 Å². The van der Waals surface area contributed by atoms with Crippen molar-refractivity contribution in [2.24, 2.45) is 0 Å². The molecule has 2 unspecified atom stereocenters. The van der Waals surface area contributed by atoms with Gasteiger partial charge in [0.1, 0.15) is 5.50 Å². The molecule has 3 rings (SSSR count). The van der Waals surface area contributed by atoms with Gasteiger partial charge in [0, 0.05) is 11.5 Å². The van der Waals surface area contributed by atoms with E-state index in [2.05, 4.69) is 33.9 Å². The normalized spacial score (nSPS) is 23.1. The van der Waals surface area contributed by atoms with Crippen LogP contribution in [0.15, 0.2) is 51.8 Å². The number of halogens is 1. The first-order valence-corrected chi connectivity index (χ1v) is 11.0. The average Bonchev–Trinajstić information content (AvgIpc) is 2.85. The number of amides is 1. The number of likely N-dealkylation sites (N-methyl/N-ethyl adjacent to an activating group) is 1. The highest BCUT2D eigenvalue weighted by molar-refractivity contribution is 9.10. The van der Waals surface area contributed by atoms with Gasteiger partial charge < -0.3 is 4.90 Å². The zero-order chi connectivity index (χ0) is 20.0. The maximum atomic E-state index is 13.4. The highest BCUT2D eigenvalue weighted by Crippen LogP contribution is 2.41. The van der Waals surface area contributed by atoms with Crippen molar-refractivity contribution in [3.8, 4) is 0 Å². The zero-order valence-corrected chi connectivity index (χ0v) is 18.0. The molecular weight excluding hydrogens is 452 g/mol. The van der Waals surface area contributed by atoms with Crippen LogP contribution in [0.1, 0.15) is 23.6 Å². The Kier molecular flexibility index (Phi) is 5.44. The van der Waals surface area contributed by atoms with E-state index < -0.39 is 21.2 Å². The monoisotopic (exact) mass is 470 g/mol. The van der Waals surface area contributed by atoms with Gasteiger partial charge in [-0.05, 0) is 41.3 Å². The highest BCUT2D eigenvalue weighted by atomic mass is 79.9. The van der Waals surface area contributed by atoms with Crippen LogP contribution in [0, 0.1) is 0 Å². The van der Waals surface area contributed by atoms with Crippen molar-refractivity contribution in [2.45, 2.75) is 29.3 Å². The summed E-state index contributed by atoms with van der Waals surface area (Å²) >= 11 is 7.88. The minimum absolute atomic E-state index is 0.197. The predicted molar refractivity (Wildman–Crippen MR) is 109 cm³/mol. The summed E-state index contributed by atoms with van der Waals surface area (Å²) in [5.41, 5.74) is -0.372. The Morgan fingerprint density at radius 2 is 1.96 bits per heavy atom. The number of rotatable bonds is 4. The van der Waals surface area contributed by atoms with Crippen molar-refractivity contribution in [3.63, 3.8) is 0 Å². The van der Waals surface area contributed by atoms with E-state index in [1.807, 2.05) is 12.1 Å². The van der Waals surface area contributed by atoms with Gasteiger partial charge in [-0.2, -0.15) is 8.42 Å². The van der Waals surface area contributed by atoms with E-state index in [9.17, 15) is 17.8 Å². The van der Waals surface area contributed by atoms with Gasteiger partial charge in [-0.1, -0.05) is 47.1 Å². The second kappa shape index (κ2) is 7.21. The van der Waals surface area contributed by atoms with E-state index in [1.165, 1.54) is 17.0 Å². The Labute approximate surface area is 172 Å². The Morgan fingerprint density at radius 1 is 1.30 bits per heavy atom. The van der Waals surface area contributed by atoms with Crippen molar-refractivity contribution in [1.29, 1.82) is 0 Å². The lowest BCUT2D eigenvalue weighted by atomic mass is 9.79. The number of carbonyl (C=O) groups is 1. The van der Waals surface area contributed by atoms with E-state index >= 15 is 0 Å². The molecule has 27 heavy (non-hydrogen) atoms. The molecule has 2 atom stereocenters. The lowest BCUT2D eigenvalue weighted by molar-refractivity contribution is -0.130. The van der Waals surface area contributed by atoms with Crippen molar-refractivity contribution < 1.29 is 17.8 Å². The summed E-state index contributed by atoms with van der Waals surface area (Å²) < 4.78 is 34.3. The zero-order valence-electron chi connectivity index (χ0n) is 14.7. The Balaban J connectivity index is 2.40. The topological polar surface area (TPSA) is 86.7 Å². The predicted octanol–water partition coefficient (Wildman–Crippen LogP) is 2.78. The van der Waals surface area contributed by atoms with Crippen LogP contribution >= 0.6 is 28.6 Å². The molecule has 1 fully saturated rings. The summed E-state index contributed by atoms with van der Waals surface area (Å²) in [5, 5.41) is 3.22. The maximum absolute atomic E-state index is 13.4. The number of thiol groups is 1. The first kappa shape index (κ1) is 20.3. The average molecular weight is 471 g/mol. The fourth-order valence-corrected chi connectivity index (χ4v) is 5.04. The summed E-state index contributed by atoms with van der Waals surface area (Å²) in [7, 11) is -2.81. The molecule has 1 amide bonds. The van der Waals surface area contributed by atoms with Gasteiger partial charge in [-0.25, -0.2) is 0 Å². The molecule has 2 aromatic carbocycles.